The maximum Gasteiger partial charge on any atom is 0.263 e. The summed E-state index contributed by atoms with van der Waals surface area (Å²) in [6.07, 6.45) is 0.649. The van der Waals surface area contributed by atoms with E-state index in [-0.39, 0.29) is 16.4 Å². The van der Waals surface area contributed by atoms with E-state index in [1.165, 1.54) is 24.3 Å². The summed E-state index contributed by atoms with van der Waals surface area (Å²) >= 11 is -2.37. The van der Waals surface area contributed by atoms with Crippen LogP contribution in [0.1, 0.15) is 13.3 Å². The van der Waals surface area contributed by atoms with Gasteiger partial charge in [-0.15, -0.1) is 0 Å². The monoisotopic (exact) mass is 279 g/mol. The van der Waals surface area contributed by atoms with E-state index in [4.69, 9.17) is 9.39 Å². The molecule has 0 spiro atoms. The molecule has 0 radical (unpaired) electrons. The van der Waals surface area contributed by atoms with Crippen LogP contribution in [-0.4, -0.2) is 23.8 Å². The zero-order valence-corrected chi connectivity index (χ0v) is 10.8. The summed E-state index contributed by atoms with van der Waals surface area (Å²) in [5.74, 6) is 0. The molecule has 2 N–H and O–H groups in total. The van der Waals surface area contributed by atoms with Crippen LogP contribution in [0.15, 0.2) is 34.1 Å². The molecule has 0 saturated heterocycles. The highest BCUT2D eigenvalue weighted by atomic mass is 32.2. The van der Waals surface area contributed by atoms with E-state index in [1.54, 1.807) is 0 Å². The molecule has 96 valence electrons. The van der Waals surface area contributed by atoms with Crippen LogP contribution in [0.25, 0.3) is 0 Å². The molecule has 0 fully saturated rings. The second-order valence-electron chi connectivity index (χ2n) is 3.13. The van der Waals surface area contributed by atoms with Gasteiger partial charge >= 0.3 is 0 Å². The van der Waals surface area contributed by atoms with Crippen molar-refractivity contribution in [3.8, 4) is 0 Å². The Morgan fingerprint density at radius 3 is 2.65 bits per heavy atom. The van der Waals surface area contributed by atoms with Crippen LogP contribution < -0.4 is 4.89 Å². The normalized spacial score (nSPS) is 13.5. The van der Waals surface area contributed by atoms with Crippen molar-refractivity contribution in [2.75, 3.05) is 6.61 Å². The molecule has 1 aromatic carbocycles. The van der Waals surface area contributed by atoms with Crippen molar-refractivity contribution in [3.05, 3.63) is 24.3 Å². The topological polar surface area (TPSA) is 92.7 Å². The van der Waals surface area contributed by atoms with E-state index in [1.807, 2.05) is 11.8 Å². The molecule has 0 saturated carbocycles. The lowest BCUT2D eigenvalue weighted by Crippen LogP contribution is -2.25. The molecule has 6 nitrogen and oxygen atoms in total. The van der Waals surface area contributed by atoms with E-state index in [0.29, 0.717) is 6.42 Å². The fourth-order valence-electron chi connectivity index (χ4n) is 1.08. The summed E-state index contributed by atoms with van der Waals surface area (Å²) in [6.45, 7) is 2.05. The molecule has 0 bridgehead atoms. The van der Waals surface area contributed by atoms with Gasteiger partial charge in [0.05, 0.1) is 11.5 Å². The van der Waals surface area contributed by atoms with Gasteiger partial charge in [-0.25, -0.2) is 12.6 Å². The van der Waals surface area contributed by atoms with Crippen molar-refractivity contribution in [1.29, 1.82) is 0 Å². The average molecular weight is 279 g/mol. The van der Waals surface area contributed by atoms with Crippen molar-refractivity contribution < 1.29 is 22.0 Å². The summed E-state index contributed by atoms with van der Waals surface area (Å²) in [6, 6.07) is 5.45. The fraction of sp³-hybridized carbons (Fsp3) is 0.333. The predicted octanol–water partition coefficient (Wildman–Crippen LogP) is 0.887. The largest absolute Gasteiger partial charge is 0.302 e. The predicted molar refractivity (Wildman–Crippen MR) is 62.0 cm³/mol. The molecule has 8 heteroatoms. The first-order valence-corrected chi connectivity index (χ1v) is 7.41. The number of hydrogen-bond acceptors (Lipinski definition) is 4. The lowest BCUT2D eigenvalue weighted by molar-refractivity contribution is 0.0937. The van der Waals surface area contributed by atoms with Gasteiger partial charge in [-0.2, -0.15) is 0 Å². The van der Waals surface area contributed by atoms with Crippen LogP contribution in [0, 0.1) is 0 Å². The van der Waals surface area contributed by atoms with Crippen LogP contribution in [0.2, 0.25) is 0 Å². The van der Waals surface area contributed by atoms with Crippen LogP contribution in [0.3, 0.4) is 0 Å². The Morgan fingerprint density at radius 2 is 2.06 bits per heavy atom. The molecule has 1 aromatic rings. The quantitative estimate of drug-likeness (QED) is 0.458. The Balaban J connectivity index is 3.02. The van der Waals surface area contributed by atoms with Gasteiger partial charge in [-0.1, -0.05) is 23.9 Å². The first-order chi connectivity index (χ1) is 7.99. The number of nitrogens with one attached hydrogen (secondary N) is 1. The van der Waals surface area contributed by atoms with E-state index >= 15 is 0 Å². The SMILES string of the molecule is CCCONS(=O)(=O)c1ccccc1S(=O)O. The maximum absolute atomic E-state index is 11.8. The summed E-state index contributed by atoms with van der Waals surface area (Å²) in [7, 11) is -3.93. The summed E-state index contributed by atoms with van der Waals surface area (Å²) in [5.41, 5.74) is 0. The second-order valence-corrected chi connectivity index (χ2v) is 5.68. The minimum Gasteiger partial charge on any atom is -0.302 e. The van der Waals surface area contributed by atoms with Crippen LogP contribution in [0.4, 0.5) is 0 Å². The van der Waals surface area contributed by atoms with Crippen molar-refractivity contribution >= 4 is 21.1 Å². The third-order valence-electron chi connectivity index (χ3n) is 1.80. The van der Waals surface area contributed by atoms with Crippen molar-refractivity contribution in [3.63, 3.8) is 0 Å². The van der Waals surface area contributed by atoms with E-state index in [9.17, 15) is 12.6 Å². The Bertz CT molecular complexity index is 500. The highest BCUT2D eigenvalue weighted by molar-refractivity contribution is 7.90. The van der Waals surface area contributed by atoms with E-state index in [2.05, 4.69) is 0 Å². The van der Waals surface area contributed by atoms with Crippen LogP contribution >= 0.6 is 0 Å². The fourth-order valence-corrected chi connectivity index (χ4v) is 2.98. The van der Waals surface area contributed by atoms with Gasteiger partial charge < -0.3 is 4.55 Å². The van der Waals surface area contributed by atoms with Gasteiger partial charge in [-0.05, 0) is 18.6 Å². The lowest BCUT2D eigenvalue weighted by Gasteiger charge is -2.08. The van der Waals surface area contributed by atoms with Gasteiger partial charge in [0.1, 0.15) is 4.90 Å². The Hall–Kier alpha value is -0.800. The molecule has 1 rings (SSSR count). The molecule has 1 atom stereocenters. The van der Waals surface area contributed by atoms with Gasteiger partial charge in [0.15, 0.2) is 11.1 Å². The molecular weight excluding hydrogens is 266 g/mol. The lowest BCUT2D eigenvalue weighted by atomic mass is 10.4. The standard InChI is InChI=1S/C9H13NO5S2/c1-2-7-15-10-17(13,14)9-6-4-3-5-8(9)16(11)12/h3-6,10H,2,7H2,1H3,(H,11,12). The molecule has 0 aliphatic heterocycles. The Morgan fingerprint density at radius 1 is 1.41 bits per heavy atom. The Labute approximate surface area is 102 Å². The highest BCUT2D eigenvalue weighted by Gasteiger charge is 2.20. The smallest absolute Gasteiger partial charge is 0.263 e. The van der Waals surface area contributed by atoms with Gasteiger partial charge in [0.2, 0.25) is 0 Å². The number of benzene rings is 1. The number of sulfonamides is 1. The van der Waals surface area contributed by atoms with Crippen molar-refractivity contribution in [2.45, 2.75) is 23.1 Å². The van der Waals surface area contributed by atoms with Gasteiger partial charge in [0, 0.05) is 0 Å². The molecule has 0 aromatic heterocycles. The molecule has 1 unspecified atom stereocenters. The van der Waals surface area contributed by atoms with Crippen molar-refractivity contribution in [2.24, 2.45) is 0 Å². The van der Waals surface area contributed by atoms with E-state index < -0.39 is 21.1 Å². The summed E-state index contributed by atoms with van der Waals surface area (Å²) < 4.78 is 43.5. The molecule has 0 heterocycles. The minimum absolute atomic E-state index is 0.180. The Kier molecular flexibility index (Phi) is 5.22. The van der Waals surface area contributed by atoms with Crippen LogP contribution in [-0.2, 0) is 25.9 Å². The third-order valence-corrected chi connectivity index (χ3v) is 3.94. The number of rotatable bonds is 6. The molecule has 0 amide bonds. The third kappa shape index (κ3) is 3.86. The second kappa shape index (κ2) is 6.22. The number of hydrogen-bond donors (Lipinski definition) is 2. The summed E-state index contributed by atoms with van der Waals surface area (Å²) in [4.78, 5) is 6.17. The first-order valence-electron chi connectivity index (χ1n) is 4.82. The molecule has 0 aliphatic rings. The minimum atomic E-state index is -3.93. The maximum atomic E-state index is 11.8. The van der Waals surface area contributed by atoms with Crippen molar-refractivity contribution in [1.82, 2.24) is 4.89 Å². The molecular formula is C9H13NO5S2. The zero-order chi connectivity index (χ0) is 12.9. The zero-order valence-electron chi connectivity index (χ0n) is 9.12. The first kappa shape index (κ1) is 14.3. The molecule has 17 heavy (non-hydrogen) atoms. The molecule has 0 aliphatic carbocycles. The van der Waals surface area contributed by atoms with Crippen LogP contribution in [0.5, 0.6) is 0 Å². The summed E-state index contributed by atoms with van der Waals surface area (Å²) in [5, 5.41) is 0. The average Bonchev–Trinajstić information content (AvgIpc) is 2.29. The van der Waals surface area contributed by atoms with Gasteiger partial charge in [-0.3, -0.25) is 4.84 Å². The van der Waals surface area contributed by atoms with E-state index in [0.717, 1.165) is 0 Å². The highest BCUT2D eigenvalue weighted by Crippen LogP contribution is 2.17. The van der Waals surface area contributed by atoms with Gasteiger partial charge in [0.25, 0.3) is 10.0 Å².